The van der Waals surface area contributed by atoms with E-state index in [4.69, 9.17) is 0 Å². The minimum atomic E-state index is -0.931. The van der Waals surface area contributed by atoms with E-state index in [9.17, 15) is 14.7 Å². The Morgan fingerprint density at radius 2 is 1.90 bits per heavy atom. The van der Waals surface area contributed by atoms with Gasteiger partial charge in [-0.05, 0) is 17.5 Å². The maximum Gasteiger partial charge on any atom is 0.326 e. The molecule has 1 aliphatic heterocycles. The summed E-state index contributed by atoms with van der Waals surface area (Å²) >= 11 is 0. The molecule has 4 heteroatoms. The average molecular weight is 275 g/mol. The molecule has 0 spiro atoms. The number of hydrogen-bond donors (Lipinski definition) is 1. The number of hydrogen-bond acceptors (Lipinski definition) is 2. The maximum absolute atomic E-state index is 12.6. The number of carboxylic acid groups (broad SMARTS) is 1. The Balaban J connectivity index is 2.36. The third-order valence-electron chi connectivity index (χ3n) is 4.26. The van der Waals surface area contributed by atoms with Crippen LogP contribution >= 0.6 is 0 Å². The summed E-state index contributed by atoms with van der Waals surface area (Å²) < 4.78 is 0. The lowest BCUT2D eigenvalue weighted by Crippen LogP contribution is -2.52. The molecule has 4 nitrogen and oxygen atoms in total. The zero-order valence-corrected chi connectivity index (χ0v) is 12.2. The fraction of sp³-hybridized carbons (Fsp3) is 0.500. The lowest BCUT2D eigenvalue weighted by Gasteiger charge is -2.38. The molecule has 0 saturated carbocycles. The minimum Gasteiger partial charge on any atom is -0.480 e. The number of benzene rings is 1. The zero-order valence-electron chi connectivity index (χ0n) is 12.2. The number of carbonyl (C=O) groups excluding carboxylic acids is 1. The highest BCUT2D eigenvalue weighted by molar-refractivity contribution is 5.87. The highest BCUT2D eigenvalue weighted by Crippen LogP contribution is 2.30. The topological polar surface area (TPSA) is 57.6 Å². The van der Waals surface area contributed by atoms with Crippen LogP contribution in [0.25, 0.3) is 0 Å². The van der Waals surface area contributed by atoms with Crippen molar-refractivity contribution in [1.82, 2.24) is 4.90 Å². The van der Waals surface area contributed by atoms with Crippen molar-refractivity contribution < 1.29 is 14.7 Å². The molecule has 1 aromatic rings. The lowest BCUT2D eigenvalue weighted by atomic mass is 9.85. The van der Waals surface area contributed by atoms with E-state index < -0.39 is 17.4 Å². The maximum atomic E-state index is 12.6. The zero-order chi connectivity index (χ0) is 14.9. The van der Waals surface area contributed by atoms with E-state index in [1.807, 2.05) is 45.0 Å². The fourth-order valence-corrected chi connectivity index (χ4v) is 2.50. The van der Waals surface area contributed by atoms with Gasteiger partial charge in [0.15, 0.2) is 0 Å². The first-order valence-corrected chi connectivity index (χ1v) is 6.97. The van der Waals surface area contributed by atoms with Gasteiger partial charge in [-0.25, -0.2) is 4.79 Å². The SMILES string of the molecule is CCC(C)(C)C(=O)N1Cc2ccccc2C[C@H]1C(=O)O. The molecule has 1 N–H and O–H groups in total. The van der Waals surface area contributed by atoms with Crippen molar-refractivity contribution in [2.24, 2.45) is 5.41 Å². The van der Waals surface area contributed by atoms with E-state index in [1.165, 1.54) is 4.90 Å². The van der Waals surface area contributed by atoms with Gasteiger partial charge in [0, 0.05) is 18.4 Å². The molecule has 0 bridgehead atoms. The van der Waals surface area contributed by atoms with Crippen LogP contribution in [0.5, 0.6) is 0 Å². The van der Waals surface area contributed by atoms with Crippen molar-refractivity contribution in [3.8, 4) is 0 Å². The second kappa shape index (κ2) is 5.27. The van der Waals surface area contributed by atoms with E-state index in [0.717, 1.165) is 11.1 Å². The van der Waals surface area contributed by atoms with Crippen molar-refractivity contribution in [3.63, 3.8) is 0 Å². The first-order chi connectivity index (χ1) is 9.36. The van der Waals surface area contributed by atoms with Crippen molar-refractivity contribution in [1.29, 1.82) is 0 Å². The first kappa shape index (κ1) is 14.6. The number of rotatable bonds is 3. The molecule has 1 amide bonds. The second-order valence-electron chi connectivity index (χ2n) is 6.00. The van der Waals surface area contributed by atoms with Crippen LogP contribution in [0.2, 0.25) is 0 Å². The Kier molecular flexibility index (Phi) is 3.84. The van der Waals surface area contributed by atoms with Gasteiger partial charge in [0.1, 0.15) is 6.04 Å². The van der Waals surface area contributed by atoms with Crippen LogP contribution in [0.1, 0.15) is 38.3 Å². The largest absolute Gasteiger partial charge is 0.480 e. The molecule has 0 aromatic heterocycles. The standard InChI is InChI=1S/C16H21NO3/c1-4-16(2,3)15(20)17-10-12-8-6-5-7-11(12)9-13(17)14(18)19/h5-8,13H,4,9-10H2,1-3H3,(H,18,19)/t13-/m0/s1. The van der Waals surface area contributed by atoms with E-state index in [1.54, 1.807) is 0 Å². The summed E-state index contributed by atoms with van der Waals surface area (Å²) in [5.74, 6) is -1.01. The monoisotopic (exact) mass is 275 g/mol. The molecule has 1 heterocycles. The van der Waals surface area contributed by atoms with Crippen molar-refractivity contribution in [3.05, 3.63) is 35.4 Å². The summed E-state index contributed by atoms with van der Waals surface area (Å²) in [4.78, 5) is 25.7. The van der Waals surface area contributed by atoms with Crippen LogP contribution in [0.15, 0.2) is 24.3 Å². The van der Waals surface area contributed by atoms with Crippen LogP contribution in [-0.4, -0.2) is 27.9 Å². The van der Waals surface area contributed by atoms with Gasteiger partial charge in [-0.1, -0.05) is 45.0 Å². The molecule has 0 radical (unpaired) electrons. The molecular weight excluding hydrogens is 254 g/mol. The summed E-state index contributed by atoms with van der Waals surface area (Å²) in [5, 5.41) is 9.43. The van der Waals surface area contributed by atoms with Gasteiger partial charge in [0.05, 0.1) is 0 Å². The number of carbonyl (C=O) groups is 2. The molecule has 0 unspecified atom stereocenters. The Bertz CT molecular complexity index is 536. The number of carboxylic acids is 1. The highest BCUT2D eigenvalue weighted by atomic mass is 16.4. The molecule has 0 saturated heterocycles. The quantitative estimate of drug-likeness (QED) is 0.922. The minimum absolute atomic E-state index is 0.0816. The molecule has 0 fully saturated rings. The van der Waals surface area contributed by atoms with E-state index >= 15 is 0 Å². The summed E-state index contributed by atoms with van der Waals surface area (Å²) in [5.41, 5.74) is 1.54. The first-order valence-electron chi connectivity index (χ1n) is 6.97. The molecule has 1 atom stereocenters. The Labute approximate surface area is 119 Å². The van der Waals surface area contributed by atoms with Gasteiger partial charge in [0.2, 0.25) is 5.91 Å². The third-order valence-corrected chi connectivity index (χ3v) is 4.26. The van der Waals surface area contributed by atoms with Crippen molar-refractivity contribution in [2.75, 3.05) is 0 Å². The normalized spacial score (nSPS) is 18.6. The van der Waals surface area contributed by atoms with Crippen LogP contribution in [0.4, 0.5) is 0 Å². The van der Waals surface area contributed by atoms with Gasteiger partial charge < -0.3 is 10.0 Å². The summed E-state index contributed by atoms with van der Waals surface area (Å²) in [6.07, 6.45) is 1.08. The molecule has 1 aliphatic rings. The molecule has 20 heavy (non-hydrogen) atoms. The molecule has 108 valence electrons. The summed E-state index contributed by atoms with van der Waals surface area (Å²) in [6.45, 7) is 6.07. The fourth-order valence-electron chi connectivity index (χ4n) is 2.50. The van der Waals surface area contributed by atoms with Gasteiger partial charge in [-0.3, -0.25) is 4.79 Å². The summed E-state index contributed by atoms with van der Waals surface area (Å²) in [6, 6.07) is 6.98. The van der Waals surface area contributed by atoms with E-state index in [0.29, 0.717) is 19.4 Å². The second-order valence-corrected chi connectivity index (χ2v) is 6.00. The van der Waals surface area contributed by atoms with Gasteiger partial charge in [0.25, 0.3) is 0 Å². The summed E-state index contributed by atoms with van der Waals surface area (Å²) in [7, 11) is 0. The predicted molar refractivity (Wildman–Crippen MR) is 76.2 cm³/mol. The van der Waals surface area contributed by atoms with E-state index in [-0.39, 0.29) is 5.91 Å². The van der Waals surface area contributed by atoms with Gasteiger partial charge >= 0.3 is 5.97 Å². The van der Waals surface area contributed by atoms with Crippen molar-refractivity contribution >= 4 is 11.9 Å². The molecule has 1 aromatic carbocycles. The molecule has 0 aliphatic carbocycles. The lowest BCUT2D eigenvalue weighted by molar-refractivity contribution is -0.156. The highest BCUT2D eigenvalue weighted by Gasteiger charge is 2.39. The van der Waals surface area contributed by atoms with Gasteiger partial charge in [-0.2, -0.15) is 0 Å². The van der Waals surface area contributed by atoms with E-state index in [2.05, 4.69) is 0 Å². The molecule has 2 rings (SSSR count). The van der Waals surface area contributed by atoms with Crippen LogP contribution in [0, 0.1) is 5.41 Å². The van der Waals surface area contributed by atoms with Crippen LogP contribution < -0.4 is 0 Å². The number of nitrogens with zero attached hydrogens (tertiary/aromatic N) is 1. The number of aliphatic carboxylic acids is 1. The average Bonchev–Trinajstić information content (AvgIpc) is 2.44. The third kappa shape index (κ3) is 2.55. The smallest absolute Gasteiger partial charge is 0.326 e. The Hall–Kier alpha value is -1.84. The molecular formula is C16H21NO3. The van der Waals surface area contributed by atoms with Crippen molar-refractivity contribution in [2.45, 2.75) is 46.2 Å². The number of fused-ring (bicyclic) bond motifs is 1. The number of amides is 1. The predicted octanol–water partition coefficient (Wildman–Crippen LogP) is 2.46. The van der Waals surface area contributed by atoms with Crippen LogP contribution in [-0.2, 0) is 22.6 Å². The van der Waals surface area contributed by atoms with Gasteiger partial charge in [-0.15, -0.1) is 0 Å². The Morgan fingerprint density at radius 3 is 2.45 bits per heavy atom. The van der Waals surface area contributed by atoms with Crippen LogP contribution in [0.3, 0.4) is 0 Å². The Morgan fingerprint density at radius 1 is 1.30 bits per heavy atom.